The molecule has 1 aliphatic rings. The summed E-state index contributed by atoms with van der Waals surface area (Å²) >= 11 is 0. The van der Waals surface area contributed by atoms with Gasteiger partial charge in [0.25, 0.3) is 0 Å². The minimum Gasteiger partial charge on any atom is -0.325 e. The first-order chi connectivity index (χ1) is 11.3. The van der Waals surface area contributed by atoms with E-state index < -0.39 is 0 Å². The van der Waals surface area contributed by atoms with Crippen molar-refractivity contribution in [3.8, 4) is 0 Å². The molecule has 0 aromatic heterocycles. The Morgan fingerprint density at radius 1 is 0.826 bits per heavy atom. The van der Waals surface area contributed by atoms with Crippen LogP contribution in [0.3, 0.4) is 0 Å². The quantitative estimate of drug-likeness (QED) is 0.727. The molecule has 0 radical (unpaired) electrons. The summed E-state index contributed by atoms with van der Waals surface area (Å²) in [4.78, 5) is 12.7. The van der Waals surface area contributed by atoms with Crippen LogP contribution in [0.5, 0.6) is 0 Å². The smallest absolute Gasteiger partial charge is 0.228 e. The van der Waals surface area contributed by atoms with Gasteiger partial charge in [0.2, 0.25) is 5.91 Å². The van der Waals surface area contributed by atoms with Gasteiger partial charge < -0.3 is 5.32 Å². The van der Waals surface area contributed by atoms with Gasteiger partial charge in [-0.2, -0.15) is 0 Å². The zero-order valence-electron chi connectivity index (χ0n) is 12.9. The van der Waals surface area contributed by atoms with E-state index in [2.05, 4.69) is 35.6 Å². The Hall–Kier alpha value is -2.61. The van der Waals surface area contributed by atoms with Crippen molar-refractivity contribution >= 4 is 22.4 Å². The van der Waals surface area contributed by atoms with Crippen LogP contribution in [0, 0.1) is 5.92 Å². The first-order valence-electron chi connectivity index (χ1n) is 8.16. The highest BCUT2D eigenvalue weighted by Gasteiger charge is 2.37. The van der Waals surface area contributed by atoms with Crippen LogP contribution in [-0.4, -0.2) is 5.91 Å². The number of rotatable bonds is 3. The van der Waals surface area contributed by atoms with Crippen LogP contribution in [-0.2, 0) is 4.79 Å². The van der Waals surface area contributed by atoms with Gasteiger partial charge in [-0.1, -0.05) is 66.7 Å². The number of hydrogen-bond donors (Lipinski definition) is 1. The van der Waals surface area contributed by atoms with E-state index in [1.165, 1.54) is 5.56 Å². The second kappa shape index (κ2) is 5.88. The Balaban J connectivity index is 1.56. The summed E-state index contributed by atoms with van der Waals surface area (Å²) in [5.74, 6) is 0.573. The summed E-state index contributed by atoms with van der Waals surface area (Å²) in [5.41, 5.74) is 2.18. The van der Waals surface area contributed by atoms with Gasteiger partial charge in [-0.15, -0.1) is 0 Å². The fourth-order valence-electron chi connectivity index (χ4n) is 3.47. The van der Waals surface area contributed by atoms with Crippen molar-refractivity contribution in [1.29, 1.82) is 0 Å². The lowest BCUT2D eigenvalue weighted by Gasteiger charge is -2.35. The van der Waals surface area contributed by atoms with Crippen LogP contribution in [0.1, 0.15) is 24.3 Å². The van der Waals surface area contributed by atoms with E-state index in [0.717, 1.165) is 29.3 Å². The Morgan fingerprint density at radius 3 is 2.35 bits per heavy atom. The molecule has 3 aromatic rings. The molecule has 114 valence electrons. The molecule has 0 aliphatic heterocycles. The minimum atomic E-state index is 0.0800. The molecule has 2 atom stereocenters. The molecule has 23 heavy (non-hydrogen) atoms. The molecule has 0 bridgehead atoms. The lowest BCUT2D eigenvalue weighted by atomic mass is 9.69. The van der Waals surface area contributed by atoms with Gasteiger partial charge in [-0.25, -0.2) is 0 Å². The van der Waals surface area contributed by atoms with E-state index in [1.807, 2.05) is 42.5 Å². The summed E-state index contributed by atoms with van der Waals surface area (Å²) in [6.45, 7) is 0. The number of amides is 1. The summed E-state index contributed by atoms with van der Waals surface area (Å²) < 4.78 is 0. The third-order valence-electron chi connectivity index (χ3n) is 4.89. The van der Waals surface area contributed by atoms with E-state index in [4.69, 9.17) is 0 Å². The van der Waals surface area contributed by atoms with Crippen LogP contribution in [0.15, 0.2) is 72.8 Å². The SMILES string of the molecule is O=C(Nc1cccc2ccccc12)[C@@H]1CCC1c1ccccc1. The third kappa shape index (κ3) is 2.61. The molecule has 0 spiro atoms. The minimum absolute atomic E-state index is 0.0800. The maximum Gasteiger partial charge on any atom is 0.228 e. The lowest BCUT2D eigenvalue weighted by molar-refractivity contribution is -0.123. The van der Waals surface area contributed by atoms with Crippen LogP contribution < -0.4 is 5.32 Å². The van der Waals surface area contributed by atoms with Crippen molar-refractivity contribution in [2.45, 2.75) is 18.8 Å². The normalized spacial score (nSPS) is 20.0. The van der Waals surface area contributed by atoms with Gasteiger partial charge >= 0.3 is 0 Å². The number of nitrogens with one attached hydrogen (secondary N) is 1. The molecule has 0 heterocycles. The first-order valence-corrected chi connectivity index (χ1v) is 8.16. The Bertz CT molecular complexity index is 835. The van der Waals surface area contributed by atoms with Crippen LogP contribution in [0.2, 0.25) is 0 Å². The number of anilines is 1. The van der Waals surface area contributed by atoms with Gasteiger partial charge in [0.1, 0.15) is 0 Å². The molecule has 4 rings (SSSR count). The highest BCUT2D eigenvalue weighted by Crippen LogP contribution is 2.43. The fraction of sp³-hybridized carbons (Fsp3) is 0.190. The van der Waals surface area contributed by atoms with Gasteiger partial charge in [0.05, 0.1) is 0 Å². The van der Waals surface area contributed by atoms with Gasteiger partial charge in [-0.05, 0) is 35.8 Å². The van der Waals surface area contributed by atoms with Crippen molar-refractivity contribution in [3.05, 3.63) is 78.4 Å². The standard InChI is InChI=1S/C21H19NO/c23-21(19-14-13-17(19)15-7-2-1-3-8-15)22-20-12-6-10-16-9-4-5-11-18(16)20/h1-12,17,19H,13-14H2,(H,22,23)/t17?,19-/m1/s1. The first kappa shape index (κ1) is 14.0. The maximum atomic E-state index is 12.7. The summed E-state index contributed by atoms with van der Waals surface area (Å²) in [7, 11) is 0. The van der Waals surface area contributed by atoms with Crippen molar-refractivity contribution in [3.63, 3.8) is 0 Å². The number of hydrogen-bond acceptors (Lipinski definition) is 1. The van der Waals surface area contributed by atoms with E-state index in [-0.39, 0.29) is 11.8 Å². The topological polar surface area (TPSA) is 29.1 Å². The van der Waals surface area contributed by atoms with Gasteiger partial charge in [0, 0.05) is 17.0 Å². The Kier molecular flexibility index (Phi) is 3.58. The largest absolute Gasteiger partial charge is 0.325 e. The zero-order valence-corrected chi connectivity index (χ0v) is 12.9. The second-order valence-electron chi connectivity index (χ2n) is 6.22. The number of fused-ring (bicyclic) bond motifs is 1. The molecule has 1 fully saturated rings. The van der Waals surface area contributed by atoms with Crippen molar-refractivity contribution in [1.82, 2.24) is 0 Å². The molecule has 3 aromatic carbocycles. The lowest BCUT2D eigenvalue weighted by Crippen LogP contribution is -2.35. The van der Waals surface area contributed by atoms with E-state index >= 15 is 0 Å². The Labute approximate surface area is 136 Å². The van der Waals surface area contributed by atoms with Crippen molar-refractivity contribution < 1.29 is 4.79 Å². The van der Waals surface area contributed by atoms with E-state index in [1.54, 1.807) is 0 Å². The molecule has 0 saturated heterocycles. The predicted octanol–water partition coefficient (Wildman–Crippen LogP) is 4.97. The average Bonchev–Trinajstić information content (AvgIpc) is 2.55. The number of carbonyl (C=O) groups is 1. The van der Waals surface area contributed by atoms with Crippen LogP contribution >= 0.6 is 0 Å². The average molecular weight is 301 g/mol. The predicted molar refractivity (Wildman–Crippen MR) is 94.5 cm³/mol. The van der Waals surface area contributed by atoms with Gasteiger partial charge in [-0.3, -0.25) is 4.79 Å². The van der Waals surface area contributed by atoms with E-state index in [0.29, 0.717) is 5.92 Å². The number of carbonyl (C=O) groups excluding carboxylic acids is 1. The molecule has 1 saturated carbocycles. The number of benzene rings is 3. The molecule has 1 unspecified atom stereocenters. The highest BCUT2D eigenvalue weighted by molar-refractivity contribution is 6.03. The van der Waals surface area contributed by atoms with E-state index in [9.17, 15) is 4.79 Å². The third-order valence-corrected chi connectivity index (χ3v) is 4.89. The van der Waals surface area contributed by atoms with Crippen molar-refractivity contribution in [2.75, 3.05) is 5.32 Å². The summed E-state index contributed by atoms with van der Waals surface area (Å²) in [6, 6.07) is 24.6. The second-order valence-corrected chi connectivity index (χ2v) is 6.22. The Morgan fingerprint density at radius 2 is 1.57 bits per heavy atom. The molecule has 1 N–H and O–H groups in total. The molecule has 1 amide bonds. The summed E-state index contributed by atoms with van der Waals surface area (Å²) in [5, 5.41) is 5.40. The zero-order chi connectivity index (χ0) is 15.6. The molecule has 1 aliphatic carbocycles. The van der Waals surface area contributed by atoms with Crippen LogP contribution in [0.4, 0.5) is 5.69 Å². The van der Waals surface area contributed by atoms with Crippen molar-refractivity contribution in [2.24, 2.45) is 5.92 Å². The molecule has 2 nitrogen and oxygen atoms in total. The maximum absolute atomic E-state index is 12.7. The fourth-order valence-corrected chi connectivity index (χ4v) is 3.47. The highest BCUT2D eigenvalue weighted by atomic mass is 16.1. The molecular weight excluding hydrogens is 282 g/mol. The summed E-state index contributed by atoms with van der Waals surface area (Å²) in [6.07, 6.45) is 2.06. The molecular formula is C21H19NO. The molecule has 2 heteroatoms. The monoisotopic (exact) mass is 301 g/mol. The van der Waals surface area contributed by atoms with Crippen LogP contribution in [0.25, 0.3) is 10.8 Å². The van der Waals surface area contributed by atoms with Gasteiger partial charge in [0.15, 0.2) is 0 Å².